The van der Waals surface area contributed by atoms with E-state index in [4.69, 9.17) is 5.73 Å². The van der Waals surface area contributed by atoms with Gasteiger partial charge in [-0.1, -0.05) is 31.3 Å². The van der Waals surface area contributed by atoms with Gasteiger partial charge < -0.3 is 11.1 Å². The SMILES string of the molecule is CC(C)CS(=O)(=O)N[C@H]1CC[C@@H](Nc2nc(N)c(C(=O)c3c(F)cccc3F)s2)CC1. The lowest BCUT2D eigenvalue weighted by molar-refractivity contribution is 0.103. The third-order valence-electron chi connectivity index (χ3n) is 5.00. The highest BCUT2D eigenvalue weighted by Crippen LogP contribution is 2.31. The van der Waals surface area contributed by atoms with Crippen molar-refractivity contribution in [2.24, 2.45) is 5.92 Å². The maximum Gasteiger partial charge on any atom is 0.212 e. The first-order valence-electron chi connectivity index (χ1n) is 10.1. The van der Waals surface area contributed by atoms with Gasteiger partial charge in [-0.25, -0.2) is 26.9 Å². The zero-order valence-electron chi connectivity index (χ0n) is 17.3. The van der Waals surface area contributed by atoms with E-state index >= 15 is 0 Å². The van der Waals surface area contributed by atoms with Crippen molar-refractivity contribution < 1.29 is 22.0 Å². The molecule has 0 atom stereocenters. The van der Waals surface area contributed by atoms with Gasteiger partial charge in [0, 0.05) is 12.1 Å². The van der Waals surface area contributed by atoms with Crippen molar-refractivity contribution in [3.05, 3.63) is 40.3 Å². The molecule has 0 unspecified atom stereocenters. The second-order valence-corrected chi connectivity index (χ2v) is 10.9. The highest BCUT2D eigenvalue weighted by molar-refractivity contribution is 7.89. The van der Waals surface area contributed by atoms with Crippen molar-refractivity contribution in [2.45, 2.75) is 51.6 Å². The third kappa shape index (κ3) is 5.98. The van der Waals surface area contributed by atoms with Crippen molar-refractivity contribution in [3.8, 4) is 0 Å². The minimum atomic E-state index is -3.30. The zero-order valence-corrected chi connectivity index (χ0v) is 19.0. The summed E-state index contributed by atoms with van der Waals surface area (Å²) in [5.41, 5.74) is 5.18. The van der Waals surface area contributed by atoms with Crippen LogP contribution in [0, 0.1) is 17.6 Å². The number of carbonyl (C=O) groups is 1. The normalized spacial score (nSPS) is 19.5. The van der Waals surface area contributed by atoms with Gasteiger partial charge in [0.15, 0.2) is 5.13 Å². The van der Waals surface area contributed by atoms with Crippen LogP contribution in [0.15, 0.2) is 18.2 Å². The standard InChI is InChI=1S/C20H26F2N4O3S2/c1-11(2)10-31(28,29)26-13-8-6-12(7-9-13)24-20-25-19(23)18(30-20)17(27)16-14(21)4-3-5-15(16)22/h3-5,11-13,26H,6-10,23H2,1-2H3,(H,24,25)/t12-,13+. The van der Waals surface area contributed by atoms with Gasteiger partial charge in [-0.3, -0.25) is 4.79 Å². The number of anilines is 2. The van der Waals surface area contributed by atoms with Crippen LogP contribution in [0.5, 0.6) is 0 Å². The number of nitrogens with zero attached hydrogens (tertiary/aromatic N) is 1. The van der Waals surface area contributed by atoms with Crippen LogP contribution in [-0.4, -0.2) is 37.0 Å². The summed E-state index contributed by atoms with van der Waals surface area (Å²) in [4.78, 5) is 16.7. The Morgan fingerprint density at radius 3 is 2.35 bits per heavy atom. The molecule has 170 valence electrons. The molecule has 0 radical (unpaired) electrons. The number of nitrogens with one attached hydrogen (secondary N) is 2. The summed E-state index contributed by atoms with van der Waals surface area (Å²) in [6, 6.07) is 3.14. The molecule has 0 saturated heterocycles. The maximum atomic E-state index is 13.9. The van der Waals surface area contributed by atoms with Gasteiger partial charge in [-0.2, -0.15) is 0 Å². The van der Waals surface area contributed by atoms with E-state index in [2.05, 4.69) is 15.0 Å². The molecule has 11 heteroatoms. The monoisotopic (exact) mass is 472 g/mol. The average Bonchev–Trinajstić information content (AvgIpc) is 3.02. The Labute approximate surface area is 184 Å². The Balaban J connectivity index is 1.61. The second-order valence-electron chi connectivity index (χ2n) is 8.15. The van der Waals surface area contributed by atoms with Crippen LogP contribution in [-0.2, 0) is 10.0 Å². The topological polar surface area (TPSA) is 114 Å². The van der Waals surface area contributed by atoms with E-state index in [9.17, 15) is 22.0 Å². The fourth-order valence-electron chi connectivity index (χ4n) is 3.66. The fourth-order valence-corrected chi connectivity index (χ4v) is 6.28. The molecule has 1 saturated carbocycles. The second kappa shape index (κ2) is 9.58. The minimum absolute atomic E-state index is 0.0263. The van der Waals surface area contributed by atoms with E-state index in [1.807, 2.05) is 13.8 Å². The van der Waals surface area contributed by atoms with Crippen LogP contribution >= 0.6 is 11.3 Å². The number of sulfonamides is 1. The number of benzene rings is 1. The van der Waals surface area contributed by atoms with Gasteiger partial charge in [-0.15, -0.1) is 0 Å². The summed E-state index contributed by atoms with van der Waals surface area (Å²) in [5, 5.41) is 3.59. The van der Waals surface area contributed by atoms with Crippen molar-refractivity contribution in [1.82, 2.24) is 9.71 Å². The van der Waals surface area contributed by atoms with Crippen molar-refractivity contribution in [1.29, 1.82) is 0 Å². The summed E-state index contributed by atoms with van der Waals surface area (Å²) in [5.74, 6) is -2.68. The van der Waals surface area contributed by atoms with Gasteiger partial charge in [0.25, 0.3) is 0 Å². The van der Waals surface area contributed by atoms with E-state index in [0.717, 1.165) is 23.5 Å². The molecule has 1 aliphatic rings. The van der Waals surface area contributed by atoms with Gasteiger partial charge in [0.05, 0.1) is 11.3 Å². The predicted octanol–water partition coefficient (Wildman–Crippen LogP) is 3.53. The molecule has 7 nitrogen and oxygen atoms in total. The highest BCUT2D eigenvalue weighted by atomic mass is 32.2. The van der Waals surface area contributed by atoms with E-state index in [1.165, 1.54) is 6.07 Å². The van der Waals surface area contributed by atoms with Crippen molar-refractivity contribution in [3.63, 3.8) is 0 Å². The number of hydrogen-bond acceptors (Lipinski definition) is 7. The largest absolute Gasteiger partial charge is 0.382 e. The van der Waals surface area contributed by atoms with Gasteiger partial charge in [0.2, 0.25) is 15.8 Å². The number of thiazole rings is 1. The lowest BCUT2D eigenvalue weighted by atomic mass is 9.92. The smallest absolute Gasteiger partial charge is 0.212 e. The van der Waals surface area contributed by atoms with Crippen molar-refractivity contribution >= 4 is 38.1 Å². The van der Waals surface area contributed by atoms with E-state index < -0.39 is 33.0 Å². The van der Waals surface area contributed by atoms with E-state index in [0.29, 0.717) is 30.8 Å². The fraction of sp³-hybridized carbons (Fsp3) is 0.500. The summed E-state index contributed by atoms with van der Waals surface area (Å²) < 4.78 is 54.9. The van der Waals surface area contributed by atoms with Crippen LogP contribution in [0.1, 0.15) is 54.8 Å². The summed E-state index contributed by atoms with van der Waals surface area (Å²) in [6.07, 6.45) is 2.75. The van der Waals surface area contributed by atoms with Crippen LogP contribution in [0.3, 0.4) is 0 Å². The lowest BCUT2D eigenvalue weighted by Crippen LogP contribution is -2.41. The van der Waals surface area contributed by atoms with Gasteiger partial charge >= 0.3 is 0 Å². The Morgan fingerprint density at radius 2 is 1.77 bits per heavy atom. The number of carbonyl (C=O) groups excluding carboxylic acids is 1. The molecule has 4 N–H and O–H groups in total. The number of ketones is 1. The Hall–Kier alpha value is -2.11. The third-order valence-corrected chi connectivity index (χ3v) is 7.80. The molecule has 1 fully saturated rings. The number of aromatic nitrogens is 1. The molecule has 2 aromatic rings. The molecule has 0 bridgehead atoms. The molecule has 1 aliphatic carbocycles. The van der Waals surface area contributed by atoms with Crippen LogP contribution in [0.25, 0.3) is 0 Å². The van der Waals surface area contributed by atoms with Crippen LogP contribution < -0.4 is 15.8 Å². The molecule has 1 aromatic carbocycles. The average molecular weight is 473 g/mol. The number of hydrogen-bond donors (Lipinski definition) is 3. The Kier molecular flexibility index (Phi) is 7.28. The summed E-state index contributed by atoms with van der Waals surface area (Å²) >= 11 is 0.950. The molecular weight excluding hydrogens is 446 g/mol. The summed E-state index contributed by atoms with van der Waals surface area (Å²) in [7, 11) is -3.30. The number of rotatable bonds is 8. The Morgan fingerprint density at radius 1 is 1.19 bits per heavy atom. The maximum absolute atomic E-state index is 13.9. The first-order chi connectivity index (χ1) is 14.6. The summed E-state index contributed by atoms with van der Waals surface area (Å²) in [6.45, 7) is 3.72. The molecule has 0 amide bonds. The lowest BCUT2D eigenvalue weighted by Gasteiger charge is -2.29. The molecule has 0 aliphatic heterocycles. The molecule has 1 aromatic heterocycles. The van der Waals surface area contributed by atoms with Crippen molar-refractivity contribution in [2.75, 3.05) is 16.8 Å². The number of halogens is 2. The molecule has 0 spiro atoms. The van der Waals surface area contributed by atoms with Gasteiger partial charge in [-0.05, 0) is 43.7 Å². The van der Waals surface area contributed by atoms with E-state index in [-0.39, 0.29) is 34.4 Å². The van der Waals surface area contributed by atoms with Crippen LogP contribution in [0.4, 0.5) is 19.7 Å². The first-order valence-corrected chi connectivity index (χ1v) is 12.5. The van der Waals surface area contributed by atoms with E-state index in [1.54, 1.807) is 0 Å². The Bertz CT molecular complexity index is 1030. The highest BCUT2D eigenvalue weighted by Gasteiger charge is 2.27. The molecule has 31 heavy (non-hydrogen) atoms. The van der Waals surface area contributed by atoms with Gasteiger partial charge in [0.1, 0.15) is 22.3 Å². The first kappa shape index (κ1) is 23.6. The minimum Gasteiger partial charge on any atom is -0.382 e. The van der Waals surface area contributed by atoms with Crippen LogP contribution in [0.2, 0.25) is 0 Å². The molecular formula is C20H26F2N4O3S2. The predicted molar refractivity (Wildman–Crippen MR) is 118 cm³/mol. The quantitative estimate of drug-likeness (QED) is 0.507. The zero-order chi connectivity index (χ0) is 22.8. The number of nitrogen functional groups attached to an aromatic ring is 1. The number of nitrogens with two attached hydrogens (primary N) is 1. The molecule has 1 heterocycles. The molecule has 3 rings (SSSR count).